The van der Waals surface area contributed by atoms with Crippen LogP contribution in [0.15, 0.2) is 35.3 Å². The van der Waals surface area contributed by atoms with E-state index in [2.05, 4.69) is 15.3 Å². The zero-order valence-corrected chi connectivity index (χ0v) is 19.3. The van der Waals surface area contributed by atoms with Gasteiger partial charge in [-0.1, -0.05) is 0 Å². The third-order valence-electron chi connectivity index (χ3n) is 6.12. The topological polar surface area (TPSA) is 136 Å². The fourth-order valence-electron chi connectivity index (χ4n) is 4.45. The standard InChI is InChI=1S/C24H24FN5O6/c25-18-3-1-14-2-4-21(33)29(7-8-31)22(14)17(18)5-6-26-10-16-12-30(24(34)36-16)20-11-27-23-19(28-20)9-15(32)13-35-23/h1-4,11,16,26,31H,5-10,12-13H2/t16-/m0/s1. The Morgan fingerprint density at radius 2 is 2.03 bits per heavy atom. The molecule has 1 fully saturated rings. The van der Waals surface area contributed by atoms with Crippen molar-refractivity contribution in [3.8, 4) is 5.88 Å². The highest BCUT2D eigenvalue weighted by molar-refractivity contribution is 5.89. The van der Waals surface area contributed by atoms with Crippen LogP contribution in [0.2, 0.25) is 0 Å². The number of nitrogens with zero attached hydrogens (tertiary/aromatic N) is 4. The van der Waals surface area contributed by atoms with Gasteiger partial charge in [-0.15, -0.1) is 0 Å². The van der Waals surface area contributed by atoms with Gasteiger partial charge in [0.05, 0.1) is 31.3 Å². The Labute approximate surface area is 204 Å². The first-order valence-electron chi connectivity index (χ1n) is 11.6. The largest absolute Gasteiger partial charge is 0.468 e. The van der Waals surface area contributed by atoms with Crippen LogP contribution in [0, 0.1) is 5.82 Å². The second-order valence-electron chi connectivity index (χ2n) is 8.57. The van der Waals surface area contributed by atoms with E-state index < -0.39 is 18.0 Å². The van der Waals surface area contributed by atoms with Gasteiger partial charge in [0.1, 0.15) is 24.2 Å². The molecule has 11 nitrogen and oxygen atoms in total. The number of amides is 1. The molecule has 1 aromatic carbocycles. The van der Waals surface area contributed by atoms with Crippen molar-refractivity contribution in [1.29, 1.82) is 0 Å². The van der Waals surface area contributed by atoms with E-state index in [4.69, 9.17) is 9.47 Å². The molecule has 2 aromatic heterocycles. The van der Waals surface area contributed by atoms with Crippen molar-refractivity contribution in [3.63, 3.8) is 0 Å². The molecule has 2 aliphatic heterocycles. The van der Waals surface area contributed by atoms with Crippen LogP contribution in [-0.4, -0.2) is 70.5 Å². The number of carbonyl (C=O) groups is 2. The Balaban J connectivity index is 1.22. The highest BCUT2D eigenvalue weighted by atomic mass is 19.1. The van der Waals surface area contributed by atoms with Crippen molar-refractivity contribution >= 4 is 28.6 Å². The van der Waals surface area contributed by atoms with Crippen molar-refractivity contribution in [2.45, 2.75) is 25.5 Å². The number of pyridine rings is 1. The average molecular weight is 497 g/mol. The lowest BCUT2D eigenvalue weighted by atomic mass is 10.1. The third kappa shape index (κ3) is 4.64. The van der Waals surface area contributed by atoms with Crippen LogP contribution in [0.1, 0.15) is 11.3 Å². The summed E-state index contributed by atoms with van der Waals surface area (Å²) in [5, 5.41) is 13.2. The van der Waals surface area contributed by atoms with E-state index >= 15 is 0 Å². The molecule has 5 rings (SSSR count). The monoisotopic (exact) mass is 497 g/mol. The number of benzene rings is 1. The summed E-state index contributed by atoms with van der Waals surface area (Å²) in [7, 11) is 0. The van der Waals surface area contributed by atoms with E-state index in [0.29, 0.717) is 35.2 Å². The fourth-order valence-corrected chi connectivity index (χ4v) is 4.45. The maximum atomic E-state index is 14.7. The van der Waals surface area contributed by atoms with E-state index in [-0.39, 0.29) is 62.2 Å². The third-order valence-corrected chi connectivity index (χ3v) is 6.12. The number of fused-ring (bicyclic) bond motifs is 2. The SMILES string of the molecule is O=C1COc2ncc(N3C[C@H](CNCCc4c(F)ccc5ccc(=O)n(CCO)c45)OC3=O)nc2C1. The molecule has 0 radical (unpaired) electrons. The average Bonchev–Trinajstić information content (AvgIpc) is 3.24. The van der Waals surface area contributed by atoms with Crippen LogP contribution < -0.4 is 20.5 Å². The molecule has 0 saturated carbocycles. The summed E-state index contributed by atoms with van der Waals surface area (Å²) in [6.07, 6.45) is 0.736. The Morgan fingerprint density at radius 3 is 2.86 bits per heavy atom. The summed E-state index contributed by atoms with van der Waals surface area (Å²) < 4.78 is 26.7. The molecule has 1 saturated heterocycles. The molecule has 0 bridgehead atoms. The number of anilines is 1. The van der Waals surface area contributed by atoms with Crippen molar-refractivity contribution in [3.05, 3.63) is 57.9 Å². The quantitative estimate of drug-likeness (QED) is 0.429. The van der Waals surface area contributed by atoms with E-state index in [1.807, 2.05) is 0 Å². The first-order valence-corrected chi connectivity index (χ1v) is 11.6. The lowest BCUT2D eigenvalue weighted by Crippen LogP contribution is -2.32. The Bertz CT molecular complexity index is 1390. The highest BCUT2D eigenvalue weighted by Crippen LogP contribution is 2.25. The predicted octanol–water partition coefficient (Wildman–Crippen LogP) is 0.584. The van der Waals surface area contributed by atoms with Gasteiger partial charge in [-0.3, -0.25) is 14.5 Å². The number of rotatable bonds is 8. The molecule has 12 heteroatoms. The van der Waals surface area contributed by atoms with Gasteiger partial charge in [0, 0.05) is 24.7 Å². The molecular weight excluding hydrogens is 473 g/mol. The number of halogens is 1. The Hall–Kier alpha value is -3.90. The van der Waals surface area contributed by atoms with Crippen molar-refractivity contribution in [1.82, 2.24) is 19.9 Å². The van der Waals surface area contributed by atoms with Crippen molar-refractivity contribution in [2.75, 3.05) is 37.7 Å². The number of aliphatic hydroxyl groups is 1. The van der Waals surface area contributed by atoms with E-state index in [0.717, 1.165) is 0 Å². The number of cyclic esters (lactones) is 1. The second kappa shape index (κ2) is 9.99. The van der Waals surface area contributed by atoms with Crippen LogP contribution >= 0.6 is 0 Å². The van der Waals surface area contributed by atoms with Gasteiger partial charge in [0.15, 0.2) is 11.6 Å². The number of Topliss-reactive ketones (excluding diaryl/α,β-unsaturated/α-hetero) is 1. The first kappa shape index (κ1) is 23.8. The maximum absolute atomic E-state index is 14.7. The summed E-state index contributed by atoms with van der Waals surface area (Å²) in [5.74, 6) is 0.0120. The summed E-state index contributed by atoms with van der Waals surface area (Å²) in [4.78, 5) is 46.2. The smallest absolute Gasteiger partial charge is 0.416 e. The number of carbonyl (C=O) groups excluding carboxylic acids is 2. The number of aliphatic hydroxyl groups excluding tert-OH is 1. The molecule has 0 aliphatic carbocycles. The molecule has 1 amide bonds. The zero-order chi connectivity index (χ0) is 25.2. The highest BCUT2D eigenvalue weighted by Gasteiger charge is 2.34. The first-order chi connectivity index (χ1) is 17.4. The summed E-state index contributed by atoms with van der Waals surface area (Å²) in [6.45, 7) is 0.701. The molecule has 1 atom stereocenters. The second-order valence-corrected chi connectivity index (χ2v) is 8.57. The molecule has 2 N–H and O–H groups in total. The lowest BCUT2D eigenvalue weighted by Gasteiger charge is -2.17. The number of hydrogen-bond donors (Lipinski definition) is 2. The molecule has 36 heavy (non-hydrogen) atoms. The van der Waals surface area contributed by atoms with Crippen molar-refractivity contribution < 1.29 is 28.6 Å². The minimum atomic E-state index is -0.577. The van der Waals surface area contributed by atoms with Gasteiger partial charge in [-0.25, -0.2) is 19.2 Å². The zero-order valence-electron chi connectivity index (χ0n) is 19.3. The number of ketones is 1. The molecule has 0 spiro atoms. The molecule has 188 valence electrons. The number of hydrogen-bond acceptors (Lipinski definition) is 9. The molecule has 4 heterocycles. The van der Waals surface area contributed by atoms with E-state index in [9.17, 15) is 23.9 Å². The summed E-state index contributed by atoms with van der Waals surface area (Å²) in [5.41, 5.74) is 0.910. The normalized spacial score (nSPS) is 17.3. The van der Waals surface area contributed by atoms with Crippen LogP contribution in [-0.2, 0) is 28.9 Å². The van der Waals surface area contributed by atoms with E-state index in [1.54, 1.807) is 12.1 Å². The van der Waals surface area contributed by atoms with Crippen molar-refractivity contribution in [2.24, 2.45) is 0 Å². The maximum Gasteiger partial charge on any atom is 0.416 e. The van der Waals surface area contributed by atoms with Crippen LogP contribution in [0.4, 0.5) is 15.0 Å². The summed E-state index contributed by atoms with van der Waals surface area (Å²) >= 11 is 0. The summed E-state index contributed by atoms with van der Waals surface area (Å²) in [6, 6.07) is 6.00. The number of ether oxygens (including phenoxy) is 2. The van der Waals surface area contributed by atoms with Gasteiger partial charge >= 0.3 is 6.09 Å². The Morgan fingerprint density at radius 1 is 1.19 bits per heavy atom. The van der Waals surface area contributed by atoms with Crippen LogP contribution in [0.25, 0.3) is 10.9 Å². The van der Waals surface area contributed by atoms with Gasteiger partial charge in [0.2, 0.25) is 5.88 Å². The van der Waals surface area contributed by atoms with Gasteiger partial charge in [-0.2, -0.15) is 0 Å². The minimum Gasteiger partial charge on any atom is -0.468 e. The number of nitrogens with one attached hydrogen (secondary N) is 1. The molecule has 3 aromatic rings. The van der Waals surface area contributed by atoms with Crippen LogP contribution in [0.3, 0.4) is 0 Å². The minimum absolute atomic E-state index is 0.0390. The van der Waals surface area contributed by atoms with Gasteiger partial charge in [0.25, 0.3) is 5.56 Å². The molecular formula is C24H24FN5O6. The van der Waals surface area contributed by atoms with Gasteiger partial charge in [-0.05, 0) is 36.6 Å². The number of aromatic nitrogens is 3. The molecule has 0 unspecified atom stereocenters. The molecule has 2 aliphatic rings. The Kier molecular flexibility index (Phi) is 6.61. The van der Waals surface area contributed by atoms with E-state index in [1.165, 1.54) is 27.8 Å². The lowest BCUT2D eigenvalue weighted by molar-refractivity contribution is -0.121. The van der Waals surface area contributed by atoms with Crippen LogP contribution in [0.5, 0.6) is 5.88 Å². The predicted molar refractivity (Wildman–Crippen MR) is 126 cm³/mol. The van der Waals surface area contributed by atoms with Gasteiger partial charge < -0.3 is 24.5 Å². The fraction of sp³-hybridized carbons (Fsp3) is 0.375.